The van der Waals surface area contributed by atoms with E-state index in [0.29, 0.717) is 11.3 Å². The van der Waals surface area contributed by atoms with Gasteiger partial charge in [-0.15, -0.1) is 0 Å². The molecule has 0 aliphatic carbocycles. The summed E-state index contributed by atoms with van der Waals surface area (Å²) in [5, 5.41) is 11.6. The molecule has 0 saturated heterocycles. The van der Waals surface area contributed by atoms with Crippen molar-refractivity contribution in [3.63, 3.8) is 0 Å². The number of anilines is 1. The number of carbonyl (C=O) groups is 1. The van der Waals surface area contributed by atoms with Crippen LogP contribution in [0.5, 0.6) is 0 Å². The van der Waals surface area contributed by atoms with Gasteiger partial charge in [-0.2, -0.15) is 0 Å². The molecule has 2 aromatic carbocycles. The zero-order chi connectivity index (χ0) is 13.8. The van der Waals surface area contributed by atoms with Crippen molar-refractivity contribution in [1.82, 2.24) is 0 Å². The van der Waals surface area contributed by atoms with Crippen LogP contribution in [0.4, 0.5) is 10.1 Å². The van der Waals surface area contributed by atoms with Gasteiger partial charge in [-0.05, 0) is 37.3 Å². The predicted molar refractivity (Wildman–Crippen MR) is 71.5 cm³/mol. The molecule has 2 aromatic rings. The Kier molecular flexibility index (Phi) is 3.92. The minimum atomic E-state index is -0.490. The molecule has 19 heavy (non-hydrogen) atoms. The number of aryl methyl sites for hydroxylation is 1. The molecule has 0 atom stereocenters. The molecule has 0 aliphatic heterocycles. The molecule has 0 unspecified atom stereocenters. The van der Waals surface area contributed by atoms with Crippen molar-refractivity contribution in [3.8, 4) is 0 Å². The number of halogens is 1. The van der Waals surface area contributed by atoms with Crippen LogP contribution < -0.4 is 5.32 Å². The Labute approximate surface area is 110 Å². The normalized spacial score (nSPS) is 10.3. The molecule has 3 nitrogen and oxygen atoms in total. The second-order valence-corrected chi connectivity index (χ2v) is 4.29. The zero-order valence-corrected chi connectivity index (χ0v) is 10.5. The number of rotatable bonds is 3. The first kappa shape index (κ1) is 13.2. The molecule has 0 bridgehead atoms. The summed E-state index contributed by atoms with van der Waals surface area (Å²) in [5.74, 6) is -0.754. The van der Waals surface area contributed by atoms with Gasteiger partial charge in [-0.25, -0.2) is 4.39 Å². The first-order valence-electron chi connectivity index (χ1n) is 5.87. The lowest BCUT2D eigenvalue weighted by molar-refractivity contribution is 0.102. The topological polar surface area (TPSA) is 49.3 Å². The fourth-order valence-corrected chi connectivity index (χ4v) is 1.76. The van der Waals surface area contributed by atoms with E-state index in [4.69, 9.17) is 5.11 Å². The quantitative estimate of drug-likeness (QED) is 0.890. The maximum Gasteiger partial charge on any atom is 0.255 e. The number of nitrogens with one attached hydrogen (secondary N) is 1. The van der Waals surface area contributed by atoms with E-state index in [1.54, 1.807) is 18.2 Å². The molecule has 1 amide bonds. The number of hydrogen-bond donors (Lipinski definition) is 2. The molecular formula is C15H14FNO2. The van der Waals surface area contributed by atoms with Gasteiger partial charge in [0, 0.05) is 16.8 Å². The highest BCUT2D eigenvalue weighted by molar-refractivity contribution is 6.04. The molecule has 98 valence electrons. The third kappa shape index (κ3) is 3.17. The highest BCUT2D eigenvalue weighted by Gasteiger charge is 2.08. The lowest BCUT2D eigenvalue weighted by atomic mass is 10.1. The van der Waals surface area contributed by atoms with E-state index < -0.39 is 12.4 Å². The van der Waals surface area contributed by atoms with E-state index in [9.17, 15) is 9.18 Å². The van der Waals surface area contributed by atoms with Crippen LogP contribution >= 0.6 is 0 Å². The Morgan fingerprint density at radius 3 is 2.74 bits per heavy atom. The van der Waals surface area contributed by atoms with E-state index in [0.717, 1.165) is 5.56 Å². The number of hydrogen-bond acceptors (Lipinski definition) is 2. The minimum Gasteiger partial charge on any atom is -0.392 e. The average Bonchev–Trinajstić information content (AvgIpc) is 2.41. The van der Waals surface area contributed by atoms with Gasteiger partial charge in [0.25, 0.3) is 5.91 Å². The van der Waals surface area contributed by atoms with Gasteiger partial charge < -0.3 is 10.4 Å². The van der Waals surface area contributed by atoms with E-state index in [1.165, 1.54) is 18.2 Å². The van der Waals surface area contributed by atoms with E-state index in [2.05, 4.69) is 5.32 Å². The van der Waals surface area contributed by atoms with Crippen molar-refractivity contribution in [2.75, 3.05) is 5.32 Å². The van der Waals surface area contributed by atoms with Gasteiger partial charge in [-0.3, -0.25) is 4.79 Å². The molecule has 0 saturated carbocycles. The molecule has 0 radical (unpaired) electrons. The number of carbonyl (C=O) groups excluding carboxylic acids is 1. The first-order valence-corrected chi connectivity index (χ1v) is 5.87. The van der Waals surface area contributed by atoms with Gasteiger partial charge in [0.15, 0.2) is 0 Å². The van der Waals surface area contributed by atoms with Crippen LogP contribution in [-0.2, 0) is 6.61 Å². The average molecular weight is 259 g/mol. The second-order valence-electron chi connectivity index (χ2n) is 4.29. The largest absolute Gasteiger partial charge is 0.392 e. The van der Waals surface area contributed by atoms with E-state index >= 15 is 0 Å². The van der Waals surface area contributed by atoms with E-state index in [-0.39, 0.29) is 11.5 Å². The van der Waals surface area contributed by atoms with Crippen LogP contribution in [0.25, 0.3) is 0 Å². The van der Waals surface area contributed by atoms with Crippen LogP contribution in [0.3, 0.4) is 0 Å². The second kappa shape index (κ2) is 5.63. The van der Waals surface area contributed by atoms with Gasteiger partial charge >= 0.3 is 0 Å². The van der Waals surface area contributed by atoms with Crippen molar-refractivity contribution >= 4 is 11.6 Å². The van der Waals surface area contributed by atoms with Gasteiger partial charge in [0.2, 0.25) is 0 Å². The molecule has 0 fully saturated rings. The first-order chi connectivity index (χ1) is 9.10. The third-order valence-corrected chi connectivity index (χ3v) is 2.75. The Bertz CT molecular complexity index is 611. The maximum atomic E-state index is 13.2. The SMILES string of the molecule is Cc1cccc(C(=O)Nc2ccc(F)c(CO)c2)c1. The fourth-order valence-electron chi connectivity index (χ4n) is 1.76. The fraction of sp³-hybridized carbons (Fsp3) is 0.133. The summed E-state index contributed by atoms with van der Waals surface area (Å²) >= 11 is 0. The molecular weight excluding hydrogens is 245 g/mol. The number of aliphatic hydroxyl groups is 1. The highest BCUT2D eigenvalue weighted by Crippen LogP contribution is 2.16. The Balaban J connectivity index is 2.19. The lowest BCUT2D eigenvalue weighted by Gasteiger charge is -2.07. The summed E-state index contributed by atoms with van der Waals surface area (Å²) in [6.07, 6.45) is 0. The standard InChI is InChI=1S/C15H14FNO2/c1-10-3-2-4-11(7-10)15(19)17-13-5-6-14(16)12(8-13)9-18/h2-8,18H,9H2,1H3,(H,17,19). The van der Waals surface area contributed by atoms with Crippen LogP contribution in [0.1, 0.15) is 21.5 Å². The van der Waals surface area contributed by atoms with Gasteiger partial charge in [0.1, 0.15) is 5.82 Å². The Hall–Kier alpha value is -2.20. The van der Waals surface area contributed by atoms with Crippen molar-refractivity contribution in [3.05, 3.63) is 65.0 Å². The van der Waals surface area contributed by atoms with Crippen molar-refractivity contribution in [2.24, 2.45) is 0 Å². The molecule has 2 N–H and O–H groups in total. The van der Waals surface area contributed by atoms with Gasteiger partial charge in [0.05, 0.1) is 6.61 Å². The summed E-state index contributed by atoms with van der Waals surface area (Å²) < 4.78 is 13.2. The molecule has 0 aromatic heterocycles. The smallest absolute Gasteiger partial charge is 0.255 e. The predicted octanol–water partition coefficient (Wildman–Crippen LogP) is 2.88. The summed E-state index contributed by atoms with van der Waals surface area (Å²) in [4.78, 5) is 12.0. The number of benzene rings is 2. The molecule has 0 spiro atoms. The summed E-state index contributed by atoms with van der Waals surface area (Å²) in [5.41, 5.74) is 2.14. The Morgan fingerprint density at radius 1 is 1.26 bits per heavy atom. The van der Waals surface area contributed by atoms with Crippen LogP contribution in [-0.4, -0.2) is 11.0 Å². The molecule has 0 aliphatic rings. The number of aliphatic hydroxyl groups excluding tert-OH is 1. The summed E-state index contributed by atoms with van der Waals surface area (Å²) in [6, 6.07) is 11.3. The minimum absolute atomic E-state index is 0.155. The van der Waals surface area contributed by atoms with Crippen molar-refractivity contribution < 1.29 is 14.3 Å². The van der Waals surface area contributed by atoms with Crippen LogP contribution in [0, 0.1) is 12.7 Å². The molecule has 4 heteroatoms. The summed E-state index contributed by atoms with van der Waals surface area (Å²) in [7, 11) is 0. The molecule has 2 rings (SSSR count). The Morgan fingerprint density at radius 2 is 2.05 bits per heavy atom. The highest BCUT2D eigenvalue weighted by atomic mass is 19.1. The van der Waals surface area contributed by atoms with E-state index in [1.807, 2.05) is 13.0 Å². The molecule has 0 heterocycles. The summed E-state index contributed by atoms with van der Waals surface area (Å²) in [6.45, 7) is 1.50. The third-order valence-electron chi connectivity index (χ3n) is 2.75. The van der Waals surface area contributed by atoms with Gasteiger partial charge in [-0.1, -0.05) is 17.7 Å². The zero-order valence-electron chi connectivity index (χ0n) is 10.5. The maximum absolute atomic E-state index is 13.2. The van der Waals surface area contributed by atoms with Crippen molar-refractivity contribution in [1.29, 1.82) is 0 Å². The van der Waals surface area contributed by atoms with Crippen LogP contribution in [0.15, 0.2) is 42.5 Å². The van der Waals surface area contributed by atoms with Crippen LogP contribution in [0.2, 0.25) is 0 Å². The number of amides is 1. The monoisotopic (exact) mass is 259 g/mol. The van der Waals surface area contributed by atoms with Crippen molar-refractivity contribution in [2.45, 2.75) is 13.5 Å². The lowest BCUT2D eigenvalue weighted by Crippen LogP contribution is -2.12.